The van der Waals surface area contributed by atoms with E-state index >= 15 is 0 Å². The van der Waals surface area contributed by atoms with Crippen LogP contribution in [0.4, 0.5) is 0 Å². The molecule has 3 aromatic rings. The van der Waals surface area contributed by atoms with Crippen LogP contribution in [0.5, 0.6) is 11.5 Å². The number of rotatable bonds is 6. The van der Waals surface area contributed by atoms with E-state index in [1.54, 1.807) is 18.2 Å². The molecule has 0 spiro atoms. The predicted molar refractivity (Wildman–Crippen MR) is 113 cm³/mol. The number of carbonyl (C=O) groups excluding carboxylic acids is 1. The highest BCUT2D eigenvalue weighted by Crippen LogP contribution is 2.31. The minimum absolute atomic E-state index is 0.108. The number of hydrogen-bond donors (Lipinski definition) is 1. The third-order valence-electron chi connectivity index (χ3n) is 4.67. The third-order valence-corrected chi connectivity index (χ3v) is 5.04. The summed E-state index contributed by atoms with van der Waals surface area (Å²) >= 11 is 5.65. The topological polar surface area (TPSA) is 51.4 Å². The zero-order valence-corrected chi connectivity index (χ0v) is 16.6. The molecule has 0 amide bonds. The van der Waals surface area contributed by atoms with Crippen molar-refractivity contribution < 1.29 is 18.8 Å². The summed E-state index contributed by atoms with van der Waals surface area (Å²) in [5.74, 6) is 1.13. The number of pyridine rings is 1. The Bertz CT molecular complexity index is 1010. The molecule has 1 unspecified atom stereocenters. The summed E-state index contributed by atoms with van der Waals surface area (Å²) in [4.78, 5) is 13.9. The molecule has 0 bridgehead atoms. The van der Waals surface area contributed by atoms with E-state index in [-0.39, 0.29) is 5.78 Å². The van der Waals surface area contributed by atoms with Gasteiger partial charge in [-0.1, -0.05) is 48.6 Å². The first kappa shape index (κ1) is 19.1. The van der Waals surface area contributed by atoms with E-state index in [2.05, 4.69) is 5.32 Å². The molecule has 0 fully saturated rings. The van der Waals surface area contributed by atoms with Crippen molar-refractivity contribution in [2.24, 2.45) is 0 Å². The summed E-state index contributed by atoms with van der Waals surface area (Å²) in [6.45, 7) is 1.53. The molecule has 4 rings (SSSR count). The molecule has 0 aliphatic carbocycles. The molecular formula is C23H21N2O3S+. The van der Waals surface area contributed by atoms with Gasteiger partial charge in [0.2, 0.25) is 5.78 Å². The molecule has 1 N–H and O–H groups in total. The van der Waals surface area contributed by atoms with E-state index in [1.165, 1.54) is 0 Å². The fourth-order valence-electron chi connectivity index (χ4n) is 3.21. The smallest absolute Gasteiger partial charge is 0.270 e. The van der Waals surface area contributed by atoms with Crippen LogP contribution in [0.2, 0.25) is 0 Å². The van der Waals surface area contributed by atoms with Gasteiger partial charge in [0.05, 0.1) is 0 Å². The van der Waals surface area contributed by atoms with E-state index in [1.807, 2.05) is 65.5 Å². The van der Waals surface area contributed by atoms with Crippen LogP contribution < -0.4 is 19.4 Å². The molecule has 1 atom stereocenters. The maximum absolute atomic E-state index is 13.4. The average molecular weight is 405 g/mol. The van der Waals surface area contributed by atoms with Crippen LogP contribution in [0.25, 0.3) is 0 Å². The first-order valence-corrected chi connectivity index (χ1v) is 9.84. The Morgan fingerprint density at radius 1 is 0.966 bits per heavy atom. The Kier molecular flexibility index (Phi) is 5.81. The molecule has 6 heteroatoms. The van der Waals surface area contributed by atoms with Gasteiger partial charge in [-0.15, -0.1) is 0 Å². The molecule has 1 aliphatic heterocycles. The number of ether oxygens (including phenoxy) is 2. The lowest BCUT2D eigenvalue weighted by Gasteiger charge is -2.19. The molecular weight excluding hydrogens is 384 g/mol. The van der Waals surface area contributed by atoms with E-state index in [9.17, 15) is 4.79 Å². The third kappa shape index (κ3) is 4.43. The number of Topliss-reactive ketones (excluding diaryl/α,β-unsaturated/α-hetero) is 1. The highest BCUT2D eigenvalue weighted by Gasteiger charge is 2.33. The SMILES string of the molecule is O=C(c1ccc2c(c1)OCCO2)C(C(=S)NCc1ccccc1)[n+]1ccccc1. The van der Waals surface area contributed by atoms with Gasteiger partial charge >= 0.3 is 0 Å². The minimum Gasteiger partial charge on any atom is -0.486 e. The maximum Gasteiger partial charge on any atom is 0.270 e. The van der Waals surface area contributed by atoms with Crippen LogP contribution >= 0.6 is 12.2 Å². The van der Waals surface area contributed by atoms with Crippen LogP contribution in [0.1, 0.15) is 22.0 Å². The van der Waals surface area contributed by atoms with Crippen molar-refractivity contribution in [3.05, 3.63) is 90.3 Å². The molecule has 146 valence electrons. The maximum atomic E-state index is 13.4. The number of hydrogen-bond acceptors (Lipinski definition) is 4. The second-order valence-corrected chi connectivity index (χ2v) is 7.09. The standard InChI is InChI=1S/C23H20N2O3S/c26-22(18-9-10-19-20(15-18)28-14-13-27-19)21(25-11-5-2-6-12-25)23(29)24-16-17-7-3-1-4-8-17/h1-12,15,21H,13-14,16H2/p+1. The number of benzene rings is 2. The van der Waals surface area contributed by atoms with Crippen LogP contribution in [-0.4, -0.2) is 24.0 Å². The Hall–Kier alpha value is -3.25. The molecule has 29 heavy (non-hydrogen) atoms. The number of carbonyl (C=O) groups is 1. The average Bonchev–Trinajstić information content (AvgIpc) is 2.79. The van der Waals surface area contributed by atoms with Crippen molar-refractivity contribution in [2.45, 2.75) is 12.6 Å². The number of fused-ring (bicyclic) bond motifs is 1. The quantitative estimate of drug-likeness (QED) is 0.388. The second-order valence-electron chi connectivity index (χ2n) is 6.65. The Balaban J connectivity index is 1.60. The summed E-state index contributed by atoms with van der Waals surface area (Å²) in [6.07, 6.45) is 3.69. The summed E-state index contributed by atoms with van der Waals surface area (Å²) in [5.41, 5.74) is 1.62. The van der Waals surface area contributed by atoms with Crippen LogP contribution in [0.3, 0.4) is 0 Å². The monoisotopic (exact) mass is 405 g/mol. The van der Waals surface area contributed by atoms with Gasteiger partial charge in [-0.2, -0.15) is 4.57 Å². The van der Waals surface area contributed by atoms with Crippen molar-refractivity contribution in [2.75, 3.05) is 13.2 Å². The van der Waals surface area contributed by atoms with Gasteiger partial charge in [0.15, 0.2) is 28.9 Å². The molecule has 0 radical (unpaired) electrons. The lowest BCUT2D eigenvalue weighted by Crippen LogP contribution is -2.51. The van der Waals surface area contributed by atoms with Gasteiger partial charge in [0, 0.05) is 24.2 Å². The molecule has 2 aromatic carbocycles. The highest BCUT2D eigenvalue weighted by molar-refractivity contribution is 7.80. The van der Waals surface area contributed by atoms with Crippen molar-refractivity contribution in [1.82, 2.24) is 5.32 Å². The van der Waals surface area contributed by atoms with Gasteiger partial charge in [-0.05, 0) is 23.8 Å². The van der Waals surface area contributed by atoms with Gasteiger partial charge < -0.3 is 14.8 Å². The van der Waals surface area contributed by atoms with Crippen molar-refractivity contribution in [3.8, 4) is 11.5 Å². The Morgan fingerprint density at radius 2 is 1.66 bits per heavy atom. The summed E-state index contributed by atoms with van der Waals surface area (Å²) in [7, 11) is 0. The van der Waals surface area contributed by atoms with Crippen molar-refractivity contribution >= 4 is 23.0 Å². The molecule has 0 saturated carbocycles. The van der Waals surface area contributed by atoms with Gasteiger partial charge in [-0.3, -0.25) is 4.79 Å². The molecule has 0 saturated heterocycles. The Morgan fingerprint density at radius 3 is 2.41 bits per heavy atom. The van der Waals surface area contributed by atoms with Crippen LogP contribution in [0.15, 0.2) is 79.1 Å². The van der Waals surface area contributed by atoms with E-state index in [4.69, 9.17) is 21.7 Å². The van der Waals surface area contributed by atoms with Gasteiger partial charge in [0.25, 0.3) is 6.04 Å². The first-order chi connectivity index (χ1) is 14.2. The molecule has 1 aromatic heterocycles. The molecule has 2 heterocycles. The molecule has 5 nitrogen and oxygen atoms in total. The fourth-order valence-corrected chi connectivity index (χ4v) is 3.51. The van der Waals surface area contributed by atoms with Crippen molar-refractivity contribution in [1.29, 1.82) is 0 Å². The lowest BCUT2D eigenvalue weighted by atomic mass is 10.0. The summed E-state index contributed by atoms with van der Waals surface area (Å²) in [5, 5.41) is 3.24. The predicted octanol–water partition coefficient (Wildman–Crippen LogP) is 3.29. The zero-order valence-electron chi connectivity index (χ0n) is 15.8. The normalized spacial score (nSPS) is 13.4. The number of aromatic nitrogens is 1. The largest absolute Gasteiger partial charge is 0.486 e. The summed E-state index contributed by atoms with van der Waals surface area (Å²) < 4.78 is 13.0. The van der Waals surface area contributed by atoms with E-state index in [0.29, 0.717) is 41.8 Å². The number of nitrogens with one attached hydrogen (secondary N) is 1. The minimum atomic E-state index is -0.655. The van der Waals surface area contributed by atoms with Gasteiger partial charge in [-0.25, -0.2) is 0 Å². The Labute approximate surface area is 174 Å². The van der Waals surface area contributed by atoms with Crippen molar-refractivity contribution in [3.63, 3.8) is 0 Å². The lowest BCUT2D eigenvalue weighted by molar-refractivity contribution is -0.692. The van der Waals surface area contributed by atoms with Gasteiger partial charge in [0.1, 0.15) is 13.2 Å². The number of thiocarbonyl (C=S) groups is 1. The van der Waals surface area contributed by atoms with Crippen LogP contribution in [0, 0.1) is 0 Å². The second kappa shape index (κ2) is 8.84. The highest BCUT2D eigenvalue weighted by atomic mass is 32.1. The fraction of sp³-hybridized carbons (Fsp3) is 0.174. The van der Waals surface area contributed by atoms with E-state index < -0.39 is 6.04 Å². The van der Waals surface area contributed by atoms with E-state index in [0.717, 1.165) is 5.56 Å². The number of nitrogens with zero attached hydrogens (tertiary/aromatic N) is 1. The number of ketones is 1. The van der Waals surface area contributed by atoms with Crippen LogP contribution in [-0.2, 0) is 6.54 Å². The molecule has 1 aliphatic rings. The first-order valence-electron chi connectivity index (χ1n) is 9.43. The summed E-state index contributed by atoms with van der Waals surface area (Å²) in [6, 6.07) is 20.2. The zero-order chi connectivity index (χ0) is 20.1.